The van der Waals surface area contributed by atoms with Crippen LogP contribution >= 0.6 is 27.5 Å². The lowest BCUT2D eigenvalue weighted by Crippen LogP contribution is -2.49. The fourth-order valence-corrected chi connectivity index (χ4v) is 5.21. The molecule has 2 atom stereocenters. The van der Waals surface area contributed by atoms with E-state index in [1.807, 2.05) is 12.1 Å². The zero-order valence-corrected chi connectivity index (χ0v) is 19.3. The molecule has 2 aliphatic rings. The summed E-state index contributed by atoms with van der Waals surface area (Å²) in [5, 5.41) is 5.70. The molecule has 156 valence electrons. The Balaban J connectivity index is 1.18. The number of piperazine rings is 1. The molecule has 30 heavy (non-hydrogen) atoms. The Kier molecular flexibility index (Phi) is 5.85. The number of hydrogen-bond acceptors (Lipinski definition) is 3. The Bertz CT molecular complexity index is 977. The first-order valence-electron chi connectivity index (χ1n) is 10.7. The third-order valence-electron chi connectivity index (χ3n) is 6.52. The van der Waals surface area contributed by atoms with Gasteiger partial charge in [0.05, 0.1) is 11.7 Å². The van der Waals surface area contributed by atoms with Crippen LogP contribution in [0.25, 0.3) is 11.3 Å². The number of halogens is 2. The van der Waals surface area contributed by atoms with Gasteiger partial charge in [-0.05, 0) is 61.7 Å². The van der Waals surface area contributed by atoms with E-state index in [4.69, 9.17) is 16.7 Å². The second-order valence-corrected chi connectivity index (χ2v) is 9.66. The predicted molar refractivity (Wildman–Crippen MR) is 127 cm³/mol. The molecule has 0 radical (unpaired) electrons. The van der Waals surface area contributed by atoms with Crippen LogP contribution in [0.1, 0.15) is 25.3 Å². The van der Waals surface area contributed by atoms with Gasteiger partial charge in [-0.3, -0.25) is 9.58 Å². The minimum Gasteiger partial charge on any atom is -0.369 e. The van der Waals surface area contributed by atoms with Gasteiger partial charge in [0.15, 0.2) is 0 Å². The van der Waals surface area contributed by atoms with E-state index < -0.39 is 0 Å². The van der Waals surface area contributed by atoms with Crippen molar-refractivity contribution >= 4 is 33.2 Å². The highest BCUT2D eigenvalue weighted by molar-refractivity contribution is 9.10. The molecule has 2 heterocycles. The summed E-state index contributed by atoms with van der Waals surface area (Å²) in [5.41, 5.74) is 3.51. The van der Waals surface area contributed by atoms with Gasteiger partial charge in [-0.25, -0.2) is 0 Å². The lowest BCUT2D eigenvalue weighted by atomic mass is 10.1. The third kappa shape index (κ3) is 4.29. The quantitative estimate of drug-likeness (QED) is 0.461. The van der Waals surface area contributed by atoms with E-state index in [9.17, 15) is 0 Å². The van der Waals surface area contributed by atoms with Gasteiger partial charge in [-0.2, -0.15) is 5.10 Å². The maximum atomic E-state index is 6.03. The van der Waals surface area contributed by atoms with Crippen molar-refractivity contribution in [3.8, 4) is 11.3 Å². The molecule has 2 unspecified atom stereocenters. The van der Waals surface area contributed by atoms with E-state index in [1.165, 1.54) is 30.5 Å². The summed E-state index contributed by atoms with van der Waals surface area (Å²) in [6.07, 6.45) is 5.83. The first kappa shape index (κ1) is 20.1. The van der Waals surface area contributed by atoms with Crippen molar-refractivity contribution in [3.05, 3.63) is 70.3 Å². The zero-order chi connectivity index (χ0) is 20.5. The average Bonchev–Trinajstić information content (AvgIpc) is 3.45. The van der Waals surface area contributed by atoms with Gasteiger partial charge >= 0.3 is 0 Å². The molecule has 1 saturated heterocycles. The summed E-state index contributed by atoms with van der Waals surface area (Å²) >= 11 is 9.53. The van der Waals surface area contributed by atoms with Crippen molar-refractivity contribution in [2.24, 2.45) is 0 Å². The van der Waals surface area contributed by atoms with Crippen molar-refractivity contribution in [2.45, 2.75) is 31.3 Å². The van der Waals surface area contributed by atoms with E-state index in [1.54, 1.807) is 0 Å². The standard InChI is InChI=1S/C24H26BrClN4/c25-19-3-1-18(2-4-19)24-11-12-30(27-24)23-10-9-22(17-23)29-15-13-28(14-16-29)21-7-5-20(26)6-8-21/h1-8,11-12,22-23H,9-10,13-17H2. The van der Waals surface area contributed by atoms with Gasteiger partial charge in [0.25, 0.3) is 0 Å². The molecule has 0 bridgehead atoms. The molecule has 1 aliphatic carbocycles. The molecule has 3 aromatic rings. The third-order valence-corrected chi connectivity index (χ3v) is 7.30. The van der Waals surface area contributed by atoms with Crippen molar-refractivity contribution in [2.75, 3.05) is 31.1 Å². The molecule has 2 fully saturated rings. The van der Waals surface area contributed by atoms with E-state index >= 15 is 0 Å². The molecule has 0 spiro atoms. The molecule has 0 amide bonds. The highest BCUT2D eigenvalue weighted by Gasteiger charge is 2.32. The lowest BCUT2D eigenvalue weighted by molar-refractivity contribution is 0.183. The molecule has 5 rings (SSSR count). The zero-order valence-electron chi connectivity index (χ0n) is 16.9. The van der Waals surface area contributed by atoms with Crippen LogP contribution in [0.15, 0.2) is 65.3 Å². The van der Waals surface area contributed by atoms with Crippen LogP contribution in [0, 0.1) is 0 Å². The molecule has 4 nitrogen and oxygen atoms in total. The summed E-state index contributed by atoms with van der Waals surface area (Å²) in [6, 6.07) is 19.9. The van der Waals surface area contributed by atoms with Crippen LogP contribution < -0.4 is 4.90 Å². The van der Waals surface area contributed by atoms with Crippen LogP contribution in [-0.4, -0.2) is 46.9 Å². The van der Waals surface area contributed by atoms with E-state index in [-0.39, 0.29) is 0 Å². The molecule has 0 N–H and O–H groups in total. The molecule has 6 heteroatoms. The molecular weight excluding hydrogens is 460 g/mol. The van der Waals surface area contributed by atoms with E-state index in [2.05, 4.69) is 79.1 Å². The van der Waals surface area contributed by atoms with Gasteiger partial charge in [0.1, 0.15) is 0 Å². The van der Waals surface area contributed by atoms with E-state index in [0.29, 0.717) is 12.1 Å². The van der Waals surface area contributed by atoms with Crippen molar-refractivity contribution in [1.82, 2.24) is 14.7 Å². The number of hydrogen-bond donors (Lipinski definition) is 0. The van der Waals surface area contributed by atoms with Crippen molar-refractivity contribution in [3.63, 3.8) is 0 Å². The van der Waals surface area contributed by atoms with Crippen LogP contribution in [0.3, 0.4) is 0 Å². The Hall–Kier alpha value is -1.82. The van der Waals surface area contributed by atoms with E-state index in [0.717, 1.165) is 41.4 Å². The maximum absolute atomic E-state index is 6.03. The molecule has 1 saturated carbocycles. The Morgan fingerprint density at radius 2 is 1.53 bits per heavy atom. The molecular formula is C24H26BrClN4. The number of aromatic nitrogens is 2. The summed E-state index contributed by atoms with van der Waals surface area (Å²) in [6.45, 7) is 4.42. The molecule has 1 aromatic heterocycles. The topological polar surface area (TPSA) is 24.3 Å². The minimum atomic E-state index is 0.508. The number of nitrogens with zero attached hydrogens (tertiary/aromatic N) is 4. The molecule has 2 aromatic carbocycles. The van der Waals surface area contributed by atoms with Gasteiger partial charge in [-0.15, -0.1) is 0 Å². The highest BCUT2D eigenvalue weighted by atomic mass is 79.9. The van der Waals surface area contributed by atoms with Gasteiger partial charge in [-0.1, -0.05) is 39.7 Å². The van der Waals surface area contributed by atoms with Crippen LogP contribution in [0.2, 0.25) is 5.02 Å². The summed E-state index contributed by atoms with van der Waals surface area (Å²) < 4.78 is 3.29. The average molecular weight is 486 g/mol. The number of rotatable bonds is 4. The Labute approximate surface area is 191 Å². The van der Waals surface area contributed by atoms with Crippen LogP contribution in [0.4, 0.5) is 5.69 Å². The smallest absolute Gasteiger partial charge is 0.0923 e. The maximum Gasteiger partial charge on any atom is 0.0923 e. The number of benzene rings is 2. The fraction of sp³-hybridized carbons (Fsp3) is 0.375. The first-order valence-corrected chi connectivity index (χ1v) is 11.9. The SMILES string of the molecule is Clc1ccc(N2CCN(C3CCC(n4ccc(-c5ccc(Br)cc5)n4)C3)CC2)cc1. The summed E-state index contributed by atoms with van der Waals surface area (Å²) in [7, 11) is 0. The fourth-order valence-electron chi connectivity index (χ4n) is 4.82. The lowest BCUT2D eigenvalue weighted by Gasteiger charge is -2.39. The number of anilines is 1. The summed E-state index contributed by atoms with van der Waals surface area (Å²) in [4.78, 5) is 5.16. The molecule has 1 aliphatic heterocycles. The Morgan fingerprint density at radius 1 is 0.833 bits per heavy atom. The van der Waals surface area contributed by atoms with Crippen LogP contribution in [-0.2, 0) is 0 Å². The van der Waals surface area contributed by atoms with Gasteiger partial charge in [0, 0.05) is 59.2 Å². The van der Waals surface area contributed by atoms with Crippen molar-refractivity contribution < 1.29 is 0 Å². The second-order valence-electron chi connectivity index (χ2n) is 8.31. The monoisotopic (exact) mass is 484 g/mol. The predicted octanol–water partition coefficient (Wildman–Crippen LogP) is 5.88. The first-order chi connectivity index (χ1) is 14.7. The van der Waals surface area contributed by atoms with Gasteiger partial charge in [0.2, 0.25) is 0 Å². The Morgan fingerprint density at radius 3 is 2.27 bits per heavy atom. The highest BCUT2D eigenvalue weighted by Crippen LogP contribution is 2.34. The largest absolute Gasteiger partial charge is 0.369 e. The minimum absolute atomic E-state index is 0.508. The van der Waals surface area contributed by atoms with Crippen molar-refractivity contribution in [1.29, 1.82) is 0 Å². The summed E-state index contributed by atoms with van der Waals surface area (Å²) in [5.74, 6) is 0. The normalized spacial score (nSPS) is 22.5. The van der Waals surface area contributed by atoms with Gasteiger partial charge < -0.3 is 4.90 Å². The van der Waals surface area contributed by atoms with Crippen LogP contribution in [0.5, 0.6) is 0 Å². The second kappa shape index (κ2) is 8.74.